The van der Waals surface area contributed by atoms with Crippen molar-refractivity contribution in [3.05, 3.63) is 0 Å². The first-order chi connectivity index (χ1) is 30.8. The summed E-state index contributed by atoms with van der Waals surface area (Å²) in [7, 11) is -4.85. The van der Waals surface area contributed by atoms with Crippen molar-refractivity contribution in [1.29, 1.82) is 0 Å². The minimum Gasteiger partial charge on any atom is -0.462 e. The molecule has 0 aromatic carbocycles. The zero-order valence-corrected chi connectivity index (χ0v) is 41.7. The maximum atomic E-state index is 13.4. The van der Waals surface area contributed by atoms with Gasteiger partial charge in [0.2, 0.25) is 17.7 Å². The van der Waals surface area contributed by atoms with Gasteiger partial charge in [0.1, 0.15) is 12.1 Å². The number of unbranched alkanes of at least 4 members (excludes halogenated alkanes) is 24. The third-order valence-corrected chi connectivity index (χ3v) is 12.3. The second kappa shape index (κ2) is 43.5. The summed E-state index contributed by atoms with van der Waals surface area (Å²) in [6.45, 7) is 5.90. The number of nitrogens with one attached hydrogen (secondary N) is 3. The molecule has 378 valence electrons. The van der Waals surface area contributed by atoms with Gasteiger partial charge in [0, 0.05) is 19.6 Å². The SMILES string of the molecule is CCCCCCCCCCCC(=O)OC(CCCCCCCCCCC)CC(=O)NC(CCCNC(=O)C(CCO)NC(=O)CC(O)CCCCCCCCCCC)COP(=O)(O)O. The highest BCUT2D eigenvalue weighted by molar-refractivity contribution is 7.46. The van der Waals surface area contributed by atoms with Gasteiger partial charge < -0.3 is 40.7 Å². The van der Waals surface area contributed by atoms with E-state index in [4.69, 9.17) is 9.26 Å². The molecule has 15 heteroatoms. The number of amides is 3. The average molecular weight is 934 g/mol. The number of aliphatic hydroxyl groups is 2. The maximum Gasteiger partial charge on any atom is 0.469 e. The molecule has 0 saturated heterocycles. The van der Waals surface area contributed by atoms with Crippen LogP contribution in [0, 0.1) is 0 Å². The van der Waals surface area contributed by atoms with Crippen LogP contribution in [0.25, 0.3) is 0 Å². The molecule has 0 aromatic heterocycles. The Hall–Kier alpha value is -2.09. The summed E-state index contributed by atoms with van der Waals surface area (Å²) < 4.78 is 22.2. The van der Waals surface area contributed by atoms with Crippen LogP contribution in [0.3, 0.4) is 0 Å². The molecule has 0 rings (SSSR count). The number of aliphatic hydroxyl groups excluding tert-OH is 2. The van der Waals surface area contributed by atoms with Crippen LogP contribution in [-0.2, 0) is 33.0 Å². The third-order valence-electron chi connectivity index (χ3n) is 11.8. The highest BCUT2D eigenvalue weighted by atomic mass is 31.2. The van der Waals surface area contributed by atoms with Crippen LogP contribution in [0.4, 0.5) is 0 Å². The Bertz CT molecular complexity index is 1190. The average Bonchev–Trinajstić information content (AvgIpc) is 3.24. The Morgan fingerprint density at radius 1 is 0.547 bits per heavy atom. The quantitative estimate of drug-likeness (QED) is 0.0173. The number of phosphoric ester groups is 1. The van der Waals surface area contributed by atoms with Crippen molar-refractivity contribution in [3.8, 4) is 0 Å². The summed E-state index contributed by atoms with van der Waals surface area (Å²) in [6, 6.07) is -1.83. The molecule has 0 aliphatic carbocycles. The Morgan fingerprint density at radius 2 is 1.00 bits per heavy atom. The number of rotatable bonds is 47. The van der Waals surface area contributed by atoms with E-state index in [1.807, 2.05) is 0 Å². The first kappa shape index (κ1) is 61.9. The van der Waals surface area contributed by atoms with Crippen LogP contribution >= 0.6 is 7.82 Å². The monoisotopic (exact) mass is 934 g/mol. The van der Waals surface area contributed by atoms with Gasteiger partial charge in [-0.15, -0.1) is 0 Å². The fourth-order valence-corrected chi connectivity index (χ4v) is 8.30. The zero-order valence-electron chi connectivity index (χ0n) is 40.8. The minimum absolute atomic E-state index is 0.0231. The summed E-state index contributed by atoms with van der Waals surface area (Å²) >= 11 is 0. The normalized spacial score (nSPS) is 13.5. The van der Waals surface area contributed by atoms with Crippen LogP contribution in [0.15, 0.2) is 0 Å². The minimum atomic E-state index is -4.85. The van der Waals surface area contributed by atoms with Gasteiger partial charge >= 0.3 is 13.8 Å². The molecular formula is C49H96N3O11P. The maximum absolute atomic E-state index is 13.4. The van der Waals surface area contributed by atoms with Gasteiger partial charge in [-0.2, -0.15) is 0 Å². The van der Waals surface area contributed by atoms with Crippen molar-refractivity contribution >= 4 is 31.5 Å². The molecule has 3 amide bonds. The molecule has 0 aromatic rings. The Labute approximate surface area is 389 Å². The van der Waals surface area contributed by atoms with Gasteiger partial charge in [0.15, 0.2) is 0 Å². The lowest BCUT2D eigenvalue weighted by Crippen LogP contribution is -2.48. The van der Waals surface area contributed by atoms with E-state index in [2.05, 4.69) is 36.7 Å². The molecule has 14 nitrogen and oxygen atoms in total. The summed E-state index contributed by atoms with van der Waals surface area (Å²) in [5.74, 6) is -1.77. The molecule has 0 aliphatic rings. The number of ether oxygens (including phenoxy) is 1. The number of hydrogen-bond acceptors (Lipinski definition) is 9. The fraction of sp³-hybridized carbons (Fsp3) is 0.918. The van der Waals surface area contributed by atoms with E-state index in [1.54, 1.807) is 0 Å². The molecule has 0 radical (unpaired) electrons. The molecule has 64 heavy (non-hydrogen) atoms. The van der Waals surface area contributed by atoms with Gasteiger partial charge in [-0.25, -0.2) is 4.57 Å². The molecule has 0 aliphatic heterocycles. The molecule has 0 fully saturated rings. The third kappa shape index (κ3) is 41.3. The highest BCUT2D eigenvalue weighted by Gasteiger charge is 2.25. The van der Waals surface area contributed by atoms with Gasteiger partial charge in [0.25, 0.3) is 0 Å². The van der Waals surface area contributed by atoms with Crippen molar-refractivity contribution in [2.24, 2.45) is 0 Å². The van der Waals surface area contributed by atoms with Crippen LogP contribution in [0.5, 0.6) is 0 Å². The van der Waals surface area contributed by atoms with Crippen LogP contribution in [0.1, 0.15) is 245 Å². The summed E-state index contributed by atoms with van der Waals surface area (Å²) in [6.07, 6.45) is 30.7. The summed E-state index contributed by atoms with van der Waals surface area (Å²) in [4.78, 5) is 70.8. The van der Waals surface area contributed by atoms with Crippen molar-refractivity contribution < 1.29 is 53.0 Å². The van der Waals surface area contributed by atoms with E-state index in [-0.39, 0.29) is 51.2 Å². The van der Waals surface area contributed by atoms with E-state index in [0.717, 1.165) is 70.6 Å². The van der Waals surface area contributed by atoms with E-state index in [1.165, 1.54) is 103 Å². The number of phosphoric acid groups is 1. The van der Waals surface area contributed by atoms with Crippen molar-refractivity contribution in [3.63, 3.8) is 0 Å². The molecule has 7 N–H and O–H groups in total. The predicted octanol–water partition coefficient (Wildman–Crippen LogP) is 10.2. The lowest BCUT2D eigenvalue weighted by Gasteiger charge is -2.22. The Kier molecular flexibility index (Phi) is 42.1. The number of carbonyl (C=O) groups is 4. The smallest absolute Gasteiger partial charge is 0.462 e. The fourth-order valence-electron chi connectivity index (χ4n) is 7.93. The van der Waals surface area contributed by atoms with Crippen LogP contribution in [-0.4, -0.2) is 87.7 Å². The van der Waals surface area contributed by atoms with E-state index < -0.39 is 56.4 Å². The molecule has 0 saturated carbocycles. The first-order valence-electron chi connectivity index (χ1n) is 25.9. The van der Waals surface area contributed by atoms with Crippen molar-refractivity contribution in [1.82, 2.24) is 16.0 Å². The lowest BCUT2D eigenvalue weighted by atomic mass is 10.0. The largest absolute Gasteiger partial charge is 0.469 e. The number of carbonyl (C=O) groups excluding carboxylic acids is 4. The molecule has 4 atom stereocenters. The second-order valence-electron chi connectivity index (χ2n) is 18.1. The van der Waals surface area contributed by atoms with Crippen molar-refractivity contribution in [2.75, 3.05) is 19.8 Å². The van der Waals surface area contributed by atoms with Gasteiger partial charge in [-0.3, -0.25) is 23.7 Å². The summed E-state index contributed by atoms with van der Waals surface area (Å²) in [5, 5.41) is 28.1. The second-order valence-corrected chi connectivity index (χ2v) is 19.3. The zero-order chi connectivity index (χ0) is 47.5. The molecular weight excluding hydrogens is 838 g/mol. The number of esters is 1. The van der Waals surface area contributed by atoms with E-state index >= 15 is 0 Å². The van der Waals surface area contributed by atoms with Gasteiger partial charge in [-0.05, 0) is 44.9 Å². The topological polar surface area (TPSA) is 221 Å². The molecule has 0 bridgehead atoms. The standard InChI is InChI=1S/C49H96N3O11P/c1-4-7-10-13-16-19-22-25-28-33-43(54)39-46(55)52-45(36-38-53)49(58)50-37-31-32-42(41-62-64(59,60)61)51-47(56)40-44(34-29-26-23-20-17-14-11-8-5-2)63-48(57)35-30-27-24-21-18-15-12-9-6-3/h42-45,53-54H,4-41H2,1-3H3,(H,50,58)(H,51,56)(H,52,55)(H2,59,60,61). The van der Waals surface area contributed by atoms with Crippen molar-refractivity contribution in [2.45, 2.75) is 270 Å². The van der Waals surface area contributed by atoms with Gasteiger partial charge in [0.05, 0.1) is 31.6 Å². The lowest BCUT2D eigenvalue weighted by molar-refractivity contribution is -0.151. The van der Waals surface area contributed by atoms with Crippen LogP contribution in [0.2, 0.25) is 0 Å². The highest BCUT2D eigenvalue weighted by Crippen LogP contribution is 2.36. The van der Waals surface area contributed by atoms with E-state index in [0.29, 0.717) is 19.3 Å². The molecule has 0 heterocycles. The Morgan fingerprint density at radius 3 is 1.48 bits per heavy atom. The van der Waals surface area contributed by atoms with E-state index in [9.17, 15) is 43.7 Å². The molecule has 0 spiro atoms. The molecule has 4 unspecified atom stereocenters. The first-order valence-corrected chi connectivity index (χ1v) is 27.4. The Balaban J connectivity index is 5.11. The number of hydrogen-bond donors (Lipinski definition) is 7. The summed E-state index contributed by atoms with van der Waals surface area (Å²) in [5.41, 5.74) is 0. The van der Waals surface area contributed by atoms with Crippen LogP contribution < -0.4 is 16.0 Å². The van der Waals surface area contributed by atoms with Gasteiger partial charge in [-0.1, -0.05) is 181 Å². The predicted molar refractivity (Wildman–Crippen MR) is 256 cm³/mol.